The van der Waals surface area contributed by atoms with Crippen molar-refractivity contribution in [3.05, 3.63) is 24.3 Å². The maximum Gasteiger partial charge on any atom is 0.240 e. The highest BCUT2D eigenvalue weighted by molar-refractivity contribution is 7.91. The van der Waals surface area contributed by atoms with Crippen molar-refractivity contribution in [2.45, 2.75) is 11.8 Å². The van der Waals surface area contributed by atoms with Gasteiger partial charge >= 0.3 is 0 Å². The van der Waals surface area contributed by atoms with Gasteiger partial charge in [-0.1, -0.05) is 0 Å². The monoisotopic (exact) mass is 306 g/mol. The fourth-order valence-corrected chi connectivity index (χ4v) is 3.03. The van der Waals surface area contributed by atoms with Crippen LogP contribution >= 0.6 is 0 Å². The molecule has 0 heterocycles. The first-order valence-corrected chi connectivity index (χ1v) is 9.30. The zero-order valence-corrected chi connectivity index (χ0v) is 12.5. The van der Waals surface area contributed by atoms with Gasteiger partial charge in [0.15, 0.2) is 0 Å². The van der Waals surface area contributed by atoms with Crippen LogP contribution in [0, 0.1) is 0 Å². The van der Waals surface area contributed by atoms with Gasteiger partial charge in [0.2, 0.25) is 10.0 Å². The van der Waals surface area contributed by atoms with E-state index < -0.39 is 19.9 Å². The molecule has 6 nitrogen and oxygen atoms in total. The lowest BCUT2D eigenvalue weighted by Crippen LogP contribution is -2.28. The molecule has 0 aliphatic heterocycles. The van der Waals surface area contributed by atoms with Crippen molar-refractivity contribution in [3.8, 4) is 0 Å². The molecule has 2 N–H and O–H groups in total. The summed E-state index contributed by atoms with van der Waals surface area (Å²) in [5.74, 6) is -0.221. The minimum Gasteiger partial charge on any atom is -0.385 e. The summed E-state index contributed by atoms with van der Waals surface area (Å²) in [6, 6.07) is 6.27. The third-order valence-electron chi connectivity index (χ3n) is 2.31. The van der Waals surface area contributed by atoms with E-state index in [-0.39, 0.29) is 17.2 Å². The summed E-state index contributed by atoms with van der Waals surface area (Å²) in [7, 11) is -6.84. The average molecular weight is 306 g/mol. The topological polar surface area (TPSA) is 92.3 Å². The van der Waals surface area contributed by atoms with E-state index in [2.05, 4.69) is 10.0 Å². The summed E-state index contributed by atoms with van der Waals surface area (Å²) >= 11 is 0. The predicted octanol–water partition coefficient (Wildman–Crippen LogP) is 0.441. The molecule has 0 bridgehead atoms. The third-order valence-corrected chi connectivity index (χ3v) is 4.73. The fourth-order valence-electron chi connectivity index (χ4n) is 1.40. The Morgan fingerprint density at radius 2 is 1.63 bits per heavy atom. The molecule has 0 unspecified atom stereocenters. The largest absolute Gasteiger partial charge is 0.385 e. The van der Waals surface area contributed by atoms with E-state index in [1.54, 1.807) is 12.1 Å². The first-order valence-electron chi connectivity index (χ1n) is 5.76. The molecule has 0 saturated carbocycles. The summed E-state index contributed by atoms with van der Waals surface area (Å²) < 4.78 is 47.8. The van der Waals surface area contributed by atoms with Crippen molar-refractivity contribution >= 4 is 25.5 Å². The third kappa shape index (κ3) is 5.58. The molecule has 0 aliphatic carbocycles. The normalized spacial score (nSPS) is 12.3. The number of hydrogen-bond donors (Lipinski definition) is 2. The van der Waals surface area contributed by atoms with Crippen LogP contribution < -0.4 is 10.0 Å². The number of benzene rings is 1. The second kappa shape index (κ2) is 6.36. The van der Waals surface area contributed by atoms with E-state index in [1.807, 2.05) is 6.92 Å². The molecule has 0 amide bonds. The first-order chi connectivity index (χ1) is 8.74. The molecule has 1 aromatic rings. The highest BCUT2D eigenvalue weighted by Gasteiger charge is 2.14. The van der Waals surface area contributed by atoms with Gasteiger partial charge < -0.3 is 5.32 Å². The smallest absolute Gasteiger partial charge is 0.240 e. The maximum atomic E-state index is 11.9. The summed E-state index contributed by atoms with van der Waals surface area (Å²) in [5, 5.41) is 3.05. The maximum absolute atomic E-state index is 11.9. The second-order valence-electron chi connectivity index (χ2n) is 4.08. The van der Waals surface area contributed by atoms with Crippen LogP contribution in [0.1, 0.15) is 6.92 Å². The van der Waals surface area contributed by atoms with Crippen molar-refractivity contribution in [1.82, 2.24) is 4.72 Å². The quantitative estimate of drug-likeness (QED) is 0.762. The van der Waals surface area contributed by atoms with Crippen LogP contribution in [-0.4, -0.2) is 41.9 Å². The van der Waals surface area contributed by atoms with Gasteiger partial charge in [-0.05, 0) is 31.2 Å². The molecule has 0 spiro atoms. The van der Waals surface area contributed by atoms with E-state index in [9.17, 15) is 16.8 Å². The summed E-state index contributed by atoms with van der Waals surface area (Å²) in [6.45, 7) is 2.56. The molecule has 108 valence electrons. The Morgan fingerprint density at radius 1 is 1.05 bits per heavy atom. The molecule has 0 fully saturated rings. The number of rotatable bonds is 7. The van der Waals surface area contributed by atoms with Crippen LogP contribution in [0.4, 0.5) is 5.69 Å². The minimum atomic E-state index is -3.66. The molecule has 0 atom stereocenters. The summed E-state index contributed by atoms with van der Waals surface area (Å²) in [6.07, 6.45) is 1.06. The van der Waals surface area contributed by atoms with Crippen LogP contribution in [0.25, 0.3) is 0 Å². The Bertz CT molecular complexity index is 607. The molecule has 0 aromatic heterocycles. The highest BCUT2D eigenvalue weighted by atomic mass is 32.2. The molecule has 19 heavy (non-hydrogen) atoms. The van der Waals surface area contributed by atoms with Crippen molar-refractivity contribution in [2.24, 2.45) is 0 Å². The lowest BCUT2D eigenvalue weighted by Gasteiger charge is -2.07. The van der Waals surface area contributed by atoms with Gasteiger partial charge in [0, 0.05) is 25.0 Å². The van der Waals surface area contributed by atoms with E-state index >= 15 is 0 Å². The zero-order chi connectivity index (χ0) is 14.5. The van der Waals surface area contributed by atoms with Crippen molar-refractivity contribution < 1.29 is 16.8 Å². The number of anilines is 1. The van der Waals surface area contributed by atoms with Crippen molar-refractivity contribution in [1.29, 1.82) is 0 Å². The molecular formula is C11H18N2O4S2. The van der Waals surface area contributed by atoms with Gasteiger partial charge in [0.05, 0.1) is 10.6 Å². The summed E-state index contributed by atoms with van der Waals surface area (Å²) in [4.78, 5) is 0.114. The Kier molecular flexibility index (Phi) is 5.33. The van der Waals surface area contributed by atoms with Gasteiger partial charge in [0.25, 0.3) is 0 Å². The Morgan fingerprint density at radius 3 is 2.11 bits per heavy atom. The second-order valence-corrected chi connectivity index (χ2v) is 8.11. The van der Waals surface area contributed by atoms with E-state index in [0.717, 1.165) is 18.5 Å². The molecule has 0 saturated heterocycles. The van der Waals surface area contributed by atoms with Gasteiger partial charge in [-0.3, -0.25) is 0 Å². The van der Waals surface area contributed by atoms with Crippen LogP contribution in [0.2, 0.25) is 0 Å². The van der Waals surface area contributed by atoms with E-state index in [0.29, 0.717) is 0 Å². The van der Waals surface area contributed by atoms with Gasteiger partial charge in [-0.15, -0.1) is 0 Å². The molecule has 1 rings (SSSR count). The lowest BCUT2D eigenvalue weighted by molar-refractivity contribution is 0.582. The molecule has 1 aromatic carbocycles. The number of nitrogens with one attached hydrogen (secondary N) is 2. The standard InChI is InChI=1S/C11H18N2O4S2/c1-3-12-10-4-6-11(7-5-10)19(16,17)13-8-9-18(2,14)15/h4-7,12-13H,3,8-9H2,1-2H3. The van der Waals surface area contributed by atoms with Gasteiger partial charge in [0.1, 0.15) is 9.84 Å². The van der Waals surface area contributed by atoms with E-state index in [4.69, 9.17) is 0 Å². The molecule has 0 radical (unpaired) electrons. The molecule has 8 heteroatoms. The Hall–Kier alpha value is -1.12. The van der Waals surface area contributed by atoms with Crippen LogP contribution in [0.5, 0.6) is 0 Å². The van der Waals surface area contributed by atoms with Crippen molar-refractivity contribution in [3.63, 3.8) is 0 Å². The average Bonchev–Trinajstić information content (AvgIpc) is 2.28. The van der Waals surface area contributed by atoms with Gasteiger partial charge in [-0.2, -0.15) is 0 Å². The Labute approximate surface area is 114 Å². The highest BCUT2D eigenvalue weighted by Crippen LogP contribution is 2.13. The molecule has 0 aliphatic rings. The van der Waals surface area contributed by atoms with E-state index in [1.165, 1.54) is 12.1 Å². The summed E-state index contributed by atoms with van der Waals surface area (Å²) in [5.41, 5.74) is 0.831. The van der Waals surface area contributed by atoms with Crippen molar-refractivity contribution in [2.75, 3.05) is 30.4 Å². The zero-order valence-electron chi connectivity index (χ0n) is 10.9. The van der Waals surface area contributed by atoms with Gasteiger partial charge in [-0.25, -0.2) is 21.6 Å². The number of sulfonamides is 1. The lowest BCUT2D eigenvalue weighted by atomic mass is 10.3. The van der Waals surface area contributed by atoms with Crippen LogP contribution in [0.3, 0.4) is 0 Å². The predicted molar refractivity (Wildman–Crippen MR) is 75.5 cm³/mol. The van der Waals surface area contributed by atoms with Crippen LogP contribution in [0.15, 0.2) is 29.2 Å². The SMILES string of the molecule is CCNc1ccc(S(=O)(=O)NCCS(C)(=O)=O)cc1. The minimum absolute atomic E-state index is 0.114. The number of sulfone groups is 1. The number of hydrogen-bond acceptors (Lipinski definition) is 5. The first kappa shape index (κ1) is 15.9. The molecular weight excluding hydrogens is 288 g/mol. The Balaban J connectivity index is 2.72. The fraction of sp³-hybridized carbons (Fsp3) is 0.455. The van der Waals surface area contributed by atoms with Crippen LogP contribution in [-0.2, 0) is 19.9 Å².